The Bertz CT molecular complexity index is 574. The van der Waals surface area contributed by atoms with Crippen LogP contribution in [-0.2, 0) is 11.3 Å². The van der Waals surface area contributed by atoms with E-state index in [1.165, 1.54) is 0 Å². The first-order valence-corrected chi connectivity index (χ1v) is 7.02. The summed E-state index contributed by atoms with van der Waals surface area (Å²) < 4.78 is 5.07. The summed E-state index contributed by atoms with van der Waals surface area (Å²) >= 11 is 0. The van der Waals surface area contributed by atoms with Crippen molar-refractivity contribution < 1.29 is 19.7 Å². The van der Waals surface area contributed by atoms with Gasteiger partial charge in [-0.2, -0.15) is 0 Å². The Hall–Kier alpha value is -2.37. The van der Waals surface area contributed by atoms with Crippen LogP contribution in [0.25, 0.3) is 0 Å². The lowest BCUT2D eigenvalue weighted by atomic mass is 10.0. The van der Waals surface area contributed by atoms with Crippen LogP contribution in [0.15, 0.2) is 60.7 Å². The lowest BCUT2D eigenvalue weighted by Crippen LogP contribution is -2.42. The smallest absolute Gasteiger partial charge is 0.407 e. The van der Waals surface area contributed by atoms with Gasteiger partial charge in [-0.1, -0.05) is 60.7 Å². The molecule has 22 heavy (non-hydrogen) atoms. The van der Waals surface area contributed by atoms with Crippen LogP contribution in [0.2, 0.25) is 0 Å². The van der Waals surface area contributed by atoms with Crippen molar-refractivity contribution in [2.45, 2.75) is 18.8 Å². The molecule has 5 heteroatoms. The number of ether oxygens (including phenoxy) is 1. The average Bonchev–Trinajstić information content (AvgIpc) is 2.59. The fourth-order valence-electron chi connectivity index (χ4n) is 2.02. The molecule has 5 nitrogen and oxygen atoms in total. The summed E-state index contributed by atoms with van der Waals surface area (Å²) in [5.74, 6) is 0. The van der Waals surface area contributed by atoms with Crippen molar-refractivity contribution in [3.63, 3.8) is 0 Å². The maximum atomic E-state index is 11.8. The van der Waals surface area contributed by atoms with Crippen molar-refractivity contribution in [1.82, 2.24) is 5.32 Å². The fourth-order valence-corrected chi connectivity index (χ4v) is 2.02. The number of aliphatic hydroxyl groups excluding tert-OH is 2. The van der Waals surface area contributed by atoms with Gasteiger partial charge in [-0.15, -0.1) is 0 Å². The number of hydrogen-bond acceptors (Lipinski definition) is 4. The van der Waals surface area contributed by atoms with Crippen molar-refractivity contribution in [2.75, 3.05) is 6.61 Å². The Morgan fingerprint density at radius 2 is 1.64 bits per heavy atom. The van der Waals surface area contributed by atoms with Gasteiger partial charge in [0.05, 0.1) is 12.6 Å². The molecule has 3 N–H and O–H groups in total. The highest BCUT2D eigenvalue weighted by atomic mass is 16.5. The van der Waals surface area contributed by atoms with Crippen molar-refractivity contribution in [3.8, 4) is 0 Å². The molecule has 1 unspecified atom stereocenters. The third kappa shape index (κ3) is 4.58. The van der Waals surface area contributed by atoms with E-state index in [1.807, 2.05) is 36.4 Å². The van der Waals surface area contributed by atoms with E-state index in [1.54, 1.807) is 24.3 Å². The predicted molar refractivity (Wildman–Crippen MR) is 82.0 cm³/mol. The molecule has 0 aromatic heterocycles. The highest BCUT2D eigenvalue weighted by Gasteiger charge is 2.22. The molecule has 0 bridgehead atoms. The molecule has 2 aromatic carbocycles. The average molecular weight is 301 g/mol. The van der Waals surface area contributed by atoms with E-state index in [-0.39, 0.29) is 6.61 Å². The summed E-state index contributed by atoms with van der Waals surface area (Å²) in [6, 6.07) is 17.3. The van der Waals surface area contributed by atoms with Gasteiger partial charge in [0.15, 0.2) is 0 Å². The number of hydrogen-bond donors (Lipinski definition) is 3. The molecule has 1 amide bonds. The van der Waals surface area contributed by atoms with Crippen LogP contribution < -0.4 is 5.32 Å². The van der Waals surface area contributed by atoms with Gasteiger partial charge in [0.2, 0.25) is 0 Å². The first kappa shape index (κ1) is 16.0. The zero-order valence-corrected chi connectivity index (χ0v) is 12.1. The summed E-state index contributed by atoms with van der Waals surface area (Å²) in [7, 11) is 0. The molecule has 0 aliphatic rings. The van der Waals surface area contributed by atoms with Crippen molar-refractivity contribution >= 4 is 6.09 Å². The Morgan fingerprint density at radius 1 is 1.05 bits per heavy atom. The van der Waals surface area contributed by atoms with E-state index in [9.17, 15) is 15.0 Å². The topological polar surface area (TPSA) is 78.8 Å². The van der Waals surface area contributed by atoms with Crippen LogP contribution in [0.1, 0.15) is 17.2 Å². The lowest BCUT2D eigenvalue weighted by Gasteiger charge is -2.22. The van der Waals surface area contributed by atoms with Gasteiger partial charge < -0.3 is 20.3 Å². The number of nitrogens with one attached hydrogen (secondary N) is 1. The standard InChI is InChI=1S/C17H19NO4/c19-11-15(16(20)14-9-5-2-6-10-14)18-17(21)22-12-13-7-3-1-4-8-13/h1-10,15-16,19-20H,11-12H2,(H,18,21)/t15?,16-/m1/s1. The summed E-state index contributed by atoms with van der Waals surface area (Å²) in [5, 5.41) is 22.0. The molecular formula is C17H19NO4. The molecule has 0 aliphatic carbocycles. The Kier molecular flexibility index (Phi) is 5.94. The second-order valence-electron chi connectivity index (χ2n) is 4.85. The Labute approximate surface area is 129 Å². The van der Waals surface area contributed by atoms with E-state index in [2.05, 4.69) is 5.32 Å². The van der Waals surface area contributed by atoms with Crippen LogP contribution in [0.5, 0.6) is 0 Å². The zero-order chi connectivity index (χ0) is 15.8. The zero-order valence-electron chi connectivity index (χ0n) is 12.1. The van der Waals surface area contributed by atoms with E-state index in [0.717, 1.165) is 5.56 Å². The van der Waals surface area contributed by atoms with E-state index < -0.39 is 24.8 Å². The molecular weight excluding hydrogens is 282 g/mol. The van der Waals surface area contributed by atoms with Gasteiger partial charge in [-0.25, -0.2) is 4.79 Å². The van der Waals surface area contributed by atoms with Gasteiger partial charge >= 0.3 is 6.09 Å². The third-order valence-electron chi connectivity index (χ3n) is 3.23. The first-order valence-electron chi connectivity index (χ1n) is 7.02. The van der Waals surface area contributed by atoms with Crippen molar-refractivity contribution in [2.24, 2.45) is 0 Å². The minimum absolute atomic E-state index is 0.131. The number of carbonyl (C=O) groups excluding carboxylic acids is 1. The number of rotatable bonds is 6. The SMILES string of the molecule is O=C(NC(CO)[C@H](O)c1ccccc1)OCc1ccccc1. The van der Waals surface area contributed by atoms with E-state index in [0.29, 0.717) is 5.56 Å². The molecule has 0 saturated carbocycles. The van der Waals surface area contributed by atoms with Crippen molar-refractivity contribution in [1.29, 1.82) is 0 Å². The van der Waals surface area contributed by atoms with Crippen LogP contribution in [0, 0.1) is 0 Å². The number of benzene rings is 2. The second-order valence-corrected chi connectivity index (χ2v) is 4.85. The summed E-state index contributed by atoms with van der Waals surface area (Å²) in [5.41, 5.74) is 1.48. The first-order chi connectivity index (χ1) is 10.7. The normalized spacial score (nSPS) is 13.2. The van der Waals surface area contributed by atoms with Crippen LogP contribution in [-0.4, -0.2) is 29.0 Å². The van der Waals surface area contributed by atoms with E-state index >= 15 is 0 Å². The monoisotopic (exact) mass is 301 g/mol. The van der Waals surface area contributed by atoms with Crippen molar-refractivity contribution in [3.05, 3.63) is 71.8 Å². The second kappa shape index (κ2) is 8.17. The molecule has 0 saturated heterocycles. The summed E-state index contributed by atoms with van der Waals surface area (Å²) in [6.45, 7) is -0.261. The fraction of sp³-hybridized carbons (Fsp3) is 0.235. The van der Waals surface area contributed by atoms with Gasteiger partial charge in [0, 0.05) is 0 Å². The third-order valence-corrected chi connectivity index (χ3v) is 3.23. The van der Waals surface area contributed by atoms with Gasteiger partial charge in [0.1, 0.15) is 12.7 Å². The highest BCUT2D eigenvalue weighted by molar-refractivity contribution is 5.67. The Morgan fingerprint density at radius 3 is 2.23 bits per heavy atom. The van der Waals surface area contributed by atoms with Gasteiger partial charge in [-0.3, -0.25) is 0 Å². The molecule has 0 spiro atoms. The molecule has 2 rings (SSSR count). The highest BCUT2D eigenvalue weighted by Crippen LogP contribution is 2.16. The molecule has 2 aromatic rings. The van der Waals surface area contributed by atoms with E-state index in [4.69, 9.17) is 4.74 Å². The van der Waals surface area contributed by atoms with Gasteiger partial charge in [0.25, 0.3) is 0 Å². The van der Waals surface area contributed by atoms with Crippen LogP contribution in [0.4, 0.5) is 4.79 Å². The Balaban J connectivity index is 1.88. The molecule has 116 valence electrons. The van der Waals surface area contributed by atoms with Crippen LogP contribution >= 0.6 is 0 Å². The van der Waals surface area contributed by atoms with Gasteiger partial charge in [-0.05, 0) is 11.1 Å². The molecule has 0 fully saturated rings. The molecule has 0 radical (unpaired) electrons. The number of amides is 1. The molecule has 0 heterocycles. The number of alkyl carbamates (subject to hydrolysis) is 1. The maximum absolute atomic E-state index is 11.8. The maximum Gasteiger partial charge on any atom is 0.407 e. The minimum atomic E-state index is -1.00. The number of carbonyl (C=O) groups is 1. The summed E-state index contributed by atoms with van der Waals surface area (Å²) in [4.78, 5) is 11.8. The minimum Gasteiger partial charge on any atom is -0.445 e. The van der Waals surface area contributed by atoms with Crippen LogP contribution in [0.3, 0.4) is 0 Å². The number of aliphatic hydroxyl groups is 2. The molecule has 2 atom stereocenters. The lowest BCUT2D eigenvalue weighted by molar-refractivity contribution is 0.0763. The molecule has 0 aliphatic heterocycles. The largest absolute Gasteiger partial charge is 0.445 e. The quantitative estimate of drug-likeness (QED) is 0.762. The summed E-state index contributed by atoms with van der Waals surface area (Å²) in [6.07, 6.45) is -1.69. The predicted octanol–water partition coefficient (Wildman–Crippen LogP) is 2.01.